The molecule has 1 aliphatic carbocycles. The summed E-state index contributed by atoms with van der Waals surface area (Å²) in [7, 11) is 0. The lowest BCUT2D eigenvalue weighted by atomic mass is 9.55. The number of hydrogen-bond acceptors (Lipinski definition) is 9. The van der Waals surface area contributed by atoms with Crippen molar-refractivity contribution in [3.63, 3.8) is 0 Å². The fourth-order valence-corrected chi connectivity index (χ4v) is 9.72. The highest BCUT2D eigenvalue weighted by Crippen LogP contribution is 2.55. The molecule has 11 nitrogen and oxygen atoms in total. The number of aromatic hydroxyl groups is 1. The van der Waals surface area contributed by atoms with Crippen LogP contribution in [0.25, 0.3) is 11.3 Å². The molecule has 1 saturated carbocycles. The summed E-state index contributed by atoms with van der Waals surface area (Å²) in [4.78, 5) is 42.4. The maximum atomic E-state index is 14.6. The van der Waals surface area contributed by atoms with E-state index in [2.05, 4.69) is 66.6 Å². The molecule has 0 radical (unpaired) electrons. The third-order valence-electron chi connectivity index (χ3n) is 13.3. The second-order valence-electron chi connectivity index (χ2n) is 16.6. The van der Waals surface area contributed by atoms with Gasteiger partial charge < -0.3 is 25.5 Å². The number of amides is 3. The summed E-state index contributed by atoms with van der Waals surface area (Å²) in [5, 5.41) is 21.2. The van der Waals surface area contributed by atoms with Crippen LogP contribution in [0.1, 0.15) is 74.8 Å². The Morgan fingerprint density at radius 2 is 1.52 bits per heavy atom. The van der Waals surface area contributed by atoms with Crippen LogP contribution in [0.5, 0.6) is 5.75 Å². The topological polar surface area (TPSA) is 145 Å². The number of phenols is 1. The first-order valence-electron chi connectivity index (χ1n) is 20.3. The van der Waals surface area contributed by atoms with Crippen LogP contribution in [0.4, 0.5) is 11.4 Å². The highest BCUT2D eigenvalue weighted by molar-refractivity contribution is 5.97. The minimum absolute atomic E-state index is 0.138. The predicted octanol–water partition coefficient (Wildman–Crippen LogP) is 5.90. The number of aromatic nitrogens is 2. The van der Waals surface area contributed by atoms with Gasteiger partial charge in [-0.2, -0.15) is 10.2 Å². The molecule has 4 saturated heterocycles. The highest BCUT2D eigenvalue weighted by atomic mass is 16.3. The lowest BCUT2D eigenvalue weighted by molar-refractivity contribution is -0.169. The molecule has 3 aromatic carbocycles. The van der Waals surface area contributed by atoms with E-state index in [-0.39, 0.29) is 17.6 Å². The molecular formula is C45H53N7O4. The number of likely N-dealkylation sites (tertiary alicyclic amines) is 2. The van der Waals surface area contributed by atoms with Crippen LogP contribution in [0.15, 0.2) is 91.1 Å². The number of rotatable bonds is 7. The quantitative estimate of drug-likeness (QED) is 0.155. The fraction of sp³-hybridized carbons (Fsp3) is 0.444. The average molecular weight is 756 g/mol. The zero-order chi connectivity index (χ0) is 38.7. The van der Waals surface area contributed by atoms with E-state index in [0.717, 1.165) is 75.6 Å². The summed E-state index contributed by atoms with van der Waals surface area (Å²) in [6.45, 7) is 6.76. The number of carbonyl (C=O) groups excluding carboxylic acids is 3. The van der Waals surface area contributed by atoms with Crippen LogP contribution in [0.2, 0.25) is 0 Å². The van der Waals surface area contributed by atoms with Crippen molar-refractivity contribution in [3.8, 4) is 17.0 Å². The maximum Gasteiger partial charge on any atom is 0.233 e. The molecule has 0 bridgehead atoms. The zero-order valence-electron chi connectivity index (χ0n) is 32.1. The molecule has 56 heavy (non-hydrogen) atoms. The first-order chi connectivity index (χ1) is 27.2. The number of hydrogen-bond donors (Lipinski definition) is 3. The van der Waals surface area contributed by atoms with Gasteiger partial charge in [-0.25, -0.2) is 0 Å². The highest BCUT2D eigenvalue weighted by Gasteiger charge is 2.58. The van der Waals surface area contributed by atoms with Crippen molar-refractivity contribution in [3.05, 3.63) is 102 Å². The molecule has 4 aromatic rings. The van der Waals surface area contributed by atoms with Gasteiger partial charge in [-0.05, 0) is 111 Å². The van der Waals surface area contributed by atoms with Crippen molar-refractivity contribution in [1.29, 1.82) is 0 Å². The minimum Gasteiger partial charge on any atom is -0.507 e. The number of anilines is 2. The normalized spacial score (nSPS) is 22.0. The van der Waals surface area contributed by atoms with Gasteiger partial charge >= 0.3 is 0 Å². The Hall–Kier alpha value is -5.29. The summed E-state index contributed by atoms with van der Waals surface area (Å²) < 4.78 is 0. The van der Waals surface area contributed by atoms with E-state index in [1.54, 1.807) is 18.3 Å². The number of imide groups is 1. The Kier molecular flexibility index (Phi) is 10.8. The van der Waals surface area contributed by atoms with E-state index >= 15 is 0 Å². The number of phenolic OH excluding ortho intramolecular Hbond substituents is 1. The molecule has 5 heterocycles. The van der Waals surface area contributed by atoms with Crippen LogP contribution in [0, 0.1) is 11.3 Å². The fourth-order valence-electron chi connectivity index (χ4n) is 9.72. The van der Waals surface area contributed by atoms with Crippen LogP contribution >= 0.6 is 0 Å². The van der Waals surface area contributed by atoms with Crippen molar-refractivity contribution >= 4 is 29.1 Å². The maximum absolute atomic E-state index is 14.6. The Morgan fingerprint density at radius 1 is 0.839 bits per heavy atom. The second-order valence-corrected chi connectivity index (χ2v) is 16.6. The number of nitrogen functional groups attached to an aromatic ring is 1. The SMILES string of the molecule is Nc1ccc(C2CCN(CC3CCC34CN(C(=O)C3(c5ccccc5)CCN(c5cnnc(-c6ccccc6O)c5)CC3)C4)CC2)cc1.O=C1CCCC(=O)N1. The number of carbonyl (C=O) groups is 3. The molecular weight excluding hydrogens is 703 g/mol. The van der Waals surface area contributed by atoms with E-state index in [4.69, 9.17) is 5.73 Å². The molecule has 1 unspecified atom stereocenters. The number of para-hydroxylation sites is 1. The summed E-state index contributed by atoms with van der Waals surface area (Å²) in [5.74, 6) is 1.53. The van der Waals surface area contributed by atoms with Gasteiger partial charge in [0, 0.05) is 62.2 Å². The van der Waals surface area contributed by atoms with Gasteiger partial charge in [-0.15, -0.1) is 0 Å². The van der Waals surface area contributed by atoms with Crippen LogP contribution in [-0.2, 0) is 19.8 Å². The Morgan fingerprint density at radius 3 is 2.14 bits per heavy atom. The molecule has 3 amide bonds. The minimum atomic E-state index is -0.524. The second kappa shape index (κ2) is 16.1. The number of nitrogens with one attached hydrogen (secondary N) is 1. The predicted molar refractivity (Wildman–Crippen MR) is 217 cm³/mol. The smallest absolute Gasteiger partial charge is 0.233 e. The van der Waals surface area contributed by atoms with Gasteiger partial charge in [0.05, 0.1) is 23.0 Å². The standard InChI is InChI=1S/C40H46N6O2.C5H7NO2/c41-33-12-10-29(11-13-33)30-15-20-44(21-16-30)26-32-14-17-39(32)27-46(28-39)38(48)40(31-6-2-1-3-7-31)18-22-45(23-19-40)34-24-36(43-42-25-34)35-8-4-5-9-37(35)47;7-4-2-1-3-5(8)6-4/h1-13,24-25,30,32,47H,14-23,26-28,41H2;1-3H2,(H,6,7,8). The lowest BCUT2D eigenvalue weighted by Gasteiger charge is -2.63. The van der Waals surface area contributed by atoms with Crippen molar-refractivity contribution in [2.24, 2.45) is 11.3 Å². The van der Waals surface area contributed by atoms with Gasteiger partial charge in [0.1, 0.15) is 5.75 Å². The first kappa shape index (κ1) is 37.6. The van der Waals surface area contributed by atoms with E-state index in [0.29, 0.717) is 53.7 Å². The third kappa shape index (κ3) is 7.74. The molecule has 1 spiro atoms. The number of benzene rings is 3. The van der Waals surface area contributed by atoms with Crippen LogP contribution in [-0.4, -0.2) is 88.6 Å². The largest absolute Gasteiger partial charge is 0.507 e. The lowest BCUT2D eigenvalue weighted by Crippen LogP contribution is -2.70. The van der Waals surface area contributed by atoms with Crippen molar-refractivity contribution in [2.75, 3.05) is 56.4 Å². The van der Waals surface area contributed by atoms with Crippen LogP contribution < -0.4 is 16.0 Å². The van der Waals surface area contributed by atoms with Gasteiger partial charge in [0.25, 0.3) is 0 Å². The average Bonchev–Trinajstić information content (AvgIpc) is 3.20. The van der Waals surface area contributed by atoms with E-state index in [9.17, 15) is 19.5 Å². The van der Waals surface area contributed by atoms with E-state index in [1.807, 2.05) is 36.4 Å². The summed E-state index contributed by atoms with van der Waals surface area (Å²) in [6, 6.07) is 28.1. The number of nitrogens with zero attached hydrogens (tertiary/aromatic N) is 5. The molecule has 4 aliphatic heterocycles. The van der Waals surface area contributed by atoms with Crippen molar-refractivity contribution in [2.45, 2.75) is 69.1 Å². The summed E-state index contributed by atoms with van der Waals surface area (Å²) in [6.07, 6.45) is 9.94. The molecule has 9 rings (SSSR count). The Bertz CT molecular complexity index is 2000. The molecule has 1 aromatic heterocycles. The number of nitrogens with two attached hydrogens (primary N) is 1. The monoisotopic (exact) mass is 755 g/mol. The first-order valence-corrected chi connectivity index (χ1v) is 20.3. The molecule has 1 atom stereocenters. The van der Waals surface area contributed by atoms with Crippen molar-refractivity contribution in [1.82, 2.24) is 25.3 Å². The molecule has 11 heteroatoms. The third-order valence-corrected chi connectivity index (χ3v) is 13.3. The van der Waals surface area contributed by atoms with E-state index in [1.165, 1.54) is 31.2 Å². The molecule has 292 valence electrons. The Balaban J connectivity index is 0.000000493. The summed E-state index contributed by atoms with van der Waals surface area (Å²) in [5.41, 5.74) is 11.4. The van der Waals surface area contributed by atoms with Gasteiger partial charge in [0.2, 0.25) is 17.7 Å². The van der Waals surface area contributed by atoms with Gasteiger partial charge in [-0.3, -0.25) is 19.7 Å². The summed E-state index contributed by atoms with van der Waals surface area (Å²) >= 11 is 0. The van der Waals surface area contributed by atoms with E-state index < -0.39 is 5.41 Å². The molecule has 5 fully saturated rings. The molecule has 5 aliphatic rings. The van der Waals surface area contributed by atoms with Gasteiger partial charge in [-0.1, -0.05) is 54.6 Å². The Labute approximate surface area is 329 Å². The van der Waals surface area contributed by atoms with Gasteiger partial charge in [0.15, 0.2) is 0 Å². The number of piperidine rings is 3. The molecule has 4 N–H and O–H groups in total. The van der Waals surface area contributed by atoms with Crippen LogP contribution in [0.3, 0.4) is 0 Å². The van der Waals surface area contributed by atoms with Crippen molar-refractivity contribution < 1.29 is 19.5 Å². The zero-order valence-corrected chi connectivity index (χ0v) is 32.1.